The van der Waals surface area contributed by atoms with Gasteiger partial charge in [0.05, 0.1) is 11.3 Å². The molecule has 0 saturated heterocycles. The predicted octanol–water partition coefficient (Wildman–Crippen LogP) is 3.10. The first-order chi connectivity index (χ1) is 10.9. The van der Waals surface area contributed by atoms with Crippen LogP contribution in [0.15, 0.2) is 29.4 Å². The Morgan fingerprint density at radius 3 is 2.57 bits per heavy atom. The molecule has 23 heavy (non-hydrogen) atoms. The molecule has 0 aliphatic heterocycles. The molecule has 1 aromatic heterocycles. The molecule has 0 aliphatic rings. The van der Waals surface area contributed by atoms with Gasteiger partial charge in [0.25, 0.3) is 0 Å². The first-order valence-corrected chi connectivity index (χ1v) is 8.42. The Morgan fingerprint density at radius 2 is 1.96 bits per heavy atom. The summed E-state index contributed by atoms with van der Waals surface area (Å²) in [6.07, 6.45) is 0. The van der Waals surface area contributed by atoms with Crippen molar-refractivity contribution >= 4 is 17.7 Å². The lowest BCUT2D eigenvalue weighted by Gasteiger charge is -2.17. The van der Waals surface area contributed by atoms with Gasteiger partial charge in [0.2, 0.25) is 5.91 Å². The molecule has 0 saturated carbocycles. The molecule has 1 aromatic carbocycles. The molecule has 1 amide bonds. The molecule has 2 atom stereocenters. The van der Waals surface area contributed by atoms with Gasteiger partial charge in [0.15, 0.2) is 5.16 Å². The maximum Gasteiger partial charge on any atom is 0.233 e. The van der Waals surface area contributed by atoms with Crippen LogP contribution in [0, 0.1) is 12.7 Å². The third-order valence-corrected chi connectivity index (χ3v) is 4.68. The van der Waals surface area contributed by atoms with E-state index in [1.807, 2.05) is 32.3 Å². The molecule has 0 aliphatic carbocycles. The lowest BCUT2D eigenvalue weighted by atomic mass is 10.1. The van der Waals surface area contributed by atoms with E-state index in [0.29, 0.717) is 0 Å². The van der Waals surface area contributed by atoms with Gasteiger partial charge >= 0.3 is 0 Å². The standard InChI is InChI=1S/C16H21FN4OS/c1-5-21-12(4)19-20-16(21)23-11(3)15(22)18-10(2)13-6-8-14(17)9-7-13/h6-11H,5H2,1-4H3,(H,18,22)/t10-,11+/m0/s1. The van der Waals surface area contributed by atoms with Crippen molar-refractivity contribution in [3.05, 3.63) is 41.5 Å². The highest BCUT2D eigenvalue weighted by Crippen LogP contribution is 2.23. The van der Waals surface area contributed by atoms with E-state index in [4.69, 9.17) is 0 Å². The van der Waals surface area contributed by atoms with Crippen molar-refractivity contribution in [3.63, 3.8) is 0 Å². The molecule has 0 bridgehead atoms. The number of aryl methyl sites for hydroxylation is 1. The van der Waals surface area contributed by atoms with Crippen molar-refractivity contribution < 1.29 is 9.18 Å². The molecule has 1 N–H and O–H groups in total. The summed E-state index contributed by atoms with van der Waals surface area (Å²) in [6, 6.07) is 5.95. The smallest absolute Gasteiger partial charge is 0.233 e. The molecular weight excluding hydrogens is 315 g/mol. The molecule has 2 rings (SSSR count). The highest BCUT2D eigenvalue weighted by atomic mass is 32.2. The van der Waals surface area contributed by atoms with Crippen LogP contribution in [0.3, 0.4) is 0 Å². The molecule has 124 valence electrons. The lowest BCUT2D eigenvalue weighted by molar-refractivity contribution is -0.120. The van der Waals surface area contributed by atoms with Gasteiger partial charge < -0.3 is 9.88 Å². The van der Waals surface area contributed by atoms with Gasteiger partial charge in [-0.3, -0.25) is 4.79 Å². The zero-order chi connectivity index (χ0) is 17.0. The molecule has 0 spiro atoms. The van der Waals surface area contributed by atoms with E-state index in [2.05, 4.69) is 15.5 Å². The minimum Gasteiger partial charge on any atom is -0.349 e. The highest BCUT2D eigenvalue weighted by Gasteiger charge is 2.20. The summed E-state index contributed by atoms with van der Waals surface area (Å²) in [4.78, 5) is 12.3. The number of benzene rings is 1. The summed E-state index contributed by atoms with van der Waals surface area (Å²) in [5, 5.41) is 11.5. The van der Waals surface area contributed by atoms with Crippen LogP contribution in [0.25, 0.3) is 0 Å². The van der Waals surface area contributed by atoms with E-state index in [0.717, 1.165) is 23.1 Å². The number of rotatable bonds is 6. The lowest BCUT2D eigenvalue weighted by Crippen LogP contribution is -2.33. The molecular formula is C16H21FN4OS. The summed E-state index contributed by atoms with van der Waals surface area (Å²) in [7, 11) is 0. The van der Waals surface area contributed by atoms with Crippen molar-refractivity contribution in [2.75, 3.05) is 0 Å². The van der Waals surface area contributed by atoms with E-state index in [-0.39, 0.29) is 23.0 Å². The van der Waals surface area contributed by atoms with Crippen LogP contribution in [0.5, 0.6) is 0 Å². The second kappa shape index (κ2) is 7.59. The maximum absolute atomic E-state index is 13.0. The van der Waals surface area contributed by atoms with E-state index in [1.165, 1.54) is 23.9 Å². The fourth-order valence-corrected chi connectivity index (χ4v) is 3.16. The van der Waals surface area contributed by atoms with Crippen LogP contribution in [0.4, 0.5) is 4.39 Å². The van der Waals surface area contributed by atoms with Gasteiger partial charge in [-0.05, 0) is 45.4 Å². The summed E-state index contributed by atoms with van der Waals surface area (Å²) in [5.74, 6) is 0.461. The molecule has 2 aromatic rings. The Balaban J connectivity index is 1.98. The number of hydrogen-bond donors (Lipinski definition) is 1. The normalized spacial score (nSPS) is 13.6. The number of amides is 1. The number of nitrogens with zero attached hydrogens (tertiary/aromatic N) is 3. The minimum atomic E-state index is -0.299. The Labute approximate surface area is 139 Å². The van der Waals surface area contributed by atoms with E-state index >= 15 is 0 Å². The molecule has 7 heteroatoms. The number of carbonyl (C=O) groups is 1. The fraction of sp³-hybridized carbons (Fsp3) is 0.438. The van der Waals surface area contributed by atoms with Gasteiger partial charge in [-0.25, -0.2) is 4.39 Å². The number of nitrogens with one attached hydrogen (secondary N) is 1. The quantitative estimate of drug-likeness (QED) is 0.824. The Hall–Kier alpha value is -1.89. The van der Waals surface area contributed by atoms with Crippen molar-refractivity contribution in [3.8, 4) is 0 Å². The number of thioether (sulfide) groups is 1. The maximum atomic E-state index is 13.0. The van der Waals surface area contributed by atoms with Crippen molar-refractivity contribution in [1.82, 2.24) is 20.1 Å². The number of aromatic nitrogens is 3. The number of carbonyl (C=O) groups excluding carboxylic acids is 1. The highest BCUT2D eigenvalue weighted by molar-refractivity contribution is 8.00. The van der Waals surface area contributed by atoms with E-state index < -0.39 is 0 Å². The Morgan fingerprint density at radius 1 is 1.30 bits per heavy atom. The van der Waals surface area contributed by atoms with E-state index in [1.54, 1.807) is 12.1 Å². The summed E-state index contributed by atoms with van der Waals surface area (Å²) in [6.45, 7) is 8.38. The fourth-order valence-electron chi connectivity index (χ4n) is 2.19. The second-order valence-corrected chi connectivity index (χ2v) is 6.62. The summed E-state index contributed by atoms with van der Waals surface area (Å²) in [5.41, 5.74) is 0.865. The zero-order valence-corrected chi connectivity index (χ0v) is 14.5. The van der Waals surface area contributed by atoms with Crippen LogP contribution < -0.4 is 5.32 Å². The van der Waals surface area contributed by atoms with Gasteiger partial charge in [0.1, 0.15) is 11.6 Å². The molecule has 5 nitrogen and oxygen atoms in total. The summed E-state index contributed by atoms with van der Waals surface area (Å²) < 4.78 is 14.9. The van der Waals surface area contributed by atoms with Gasteiger partial charge in [-0.15, -0.1) is 10.2 Å². The molecule has 0 unspecified atom stereocenters. The minimum absolute atomic E-state index is 0.0878. The topological polar surface area (TPSA) is 59.8 Å². The van der Waals surface area contributed by atoms with Crippen LogP contribution in [0.1, 0.15) is 38.2 Å². The Kier molecular flexibility index (Phi) is 5.76. The van der Waals surface area contributed by atoms with Gasteiger partial charge in [0, 0.05) is 6.54 Å². The van der Waals surface area contributed by atoms with Gasteiger partial charge in [-0.2, -0.15) is 0 Å². The number of halogens is 1. The first-order valence-electron chi connectivity index (χ1n) is 7.54. The molecule has 0 fully saturated rings. The van der Waals surface area contributed by atoms with Crippen molar-refractivity contribution in [1.29, 1.82) is 0 Å². The third kappa shape index (κ3) is 4.31. The first kappa shape index (κ1) is 17.5. The van der Waals surface area contributed by atoms with Crippen molar-refractivity contribution in [2.45, 2.75) is 50.7 Å². The van der Waals surface area contributed by atoms with Crippen molar-refractivity contribution in [2.24, 2.45) is 0 Å². The van der Waals surface area contributed by atoms with Crippen LogP contribution in [-0.2, 0) is 11.3 Å². The van der Waals surface area contributed by atoms with E-state index in [9.17, 15) is 9.18 Å². The molecule has 0 radical (unpaired) electrons. The average molecular weight is 336 g/mol. The SMILES string of the molecule is CCn1c(C)nnc1S[C@H](C)C(=O)N[C@@H](C)c1ccc(F)cc1. The number of hydrogen-bond acceptors (Lipinski definition) is 4. The largest absolute Gasteiger partial charge is 0.349 e. The second-order valence-electron chi connectivity index (χ2n) is 5.32. The third-order valence-electron chi connectivity index (χ3n) is 3.60. The Bertz CT molecular complexity index is 671. The van der Waals surface area contributed by atoms with Crippen LogP contribution in [-0.4, -0.2) is 25.9 Å². The van der Waals surface area contributed by atoms with Crippen LogP contribution in [0.2, 0.25) is 0 Å². The van der Waals surface area contributed by atoms with Crippen LogP contribution >= 0.6 is 11.8 Å². The van der Waals surface area contributed by atoms with Gasteiger partial charge in [-0.1, -0.05) is 23.9 Å². The zero-order valence-electron chi connectivity index (χ0n) is 13.7. The average Bonchev–Trinajstić information content (AvgIpc) is 2.87. The predicted molar refractivity (Wildman–Crippen MR) is 88.7 cm³/mol. The monoisotopic (exact) mass is 336 g/mol. The molecule has 1 heterocycles. The summed E-state index contributed by atoms with van der Waals surface area (Å²) >= 11 is 1.38.